The first-order valence-electron chi connectivity index (χ1n) is 4.85. The Kier molecular flexibility index (Phi) is 4.58. The summed E-state index contributed by atoms with van der Waals surface area (Å²) >= 11 is 5.94. The molecule has 0 aliphatic rings. The van der Waals surface area contributed by atoms with E-state index in [1.165, 1.54) is 7.11 Å². The van der Waals surface area contributed by atoms with Crippen LogP contribution in [0.4, 0.5) is 0 Å². The van der Waals surface area contributed by atoms with Crippen LogP contribution in [0.3, 0.4) is 0 Å². The molecule has 0 saturated heterocycles. The van der Waals surface area contributed by atoms with Gasteiger partial charge in [0.2, 0.25) is 0 Å². The van der Waals surface area contributed by atoms with Crippen molar-refractivity contribution >= 4 is 17.6 Å². The van der Waals surface area contributed by atoms with Crippen LogP contribution in [-0.2, 0) is 4.79 Å². The third-order valence-corrected chi connectivity index (χ3v) is 2.57. The number of carboxylic acid groups (broad SMARTS) is 1. The highest BCUT2D eigenvalue weighted by atomic mass is 35.5. The second kappa shape index (κ2) is 5.72. The lowest BCUT2D eigenvalue weighted by atomic mass is 10.0. The SMILES string of the molecule is COc1ccc(C(N)CCC(=O)O)cc1Cl. The fraction of sp³-hybridized carbons (Fsp3) is 0.364. The molecule has 0 spiro atoms. The summed E-state index contributed by atoms with van der Waals surface area (Å²) in [7, 11) is 1.53. The van der Waals surface area contributed by atoms with E-state index >= 15 is 0 Å². The molecule has 0 aliphatic carbocycles. The van der Waals surface area contributed by atoms with Crippen molar-refractivity contribution in [2.45, 2.75) is 18.9 Å². The van der Waals surface area contributed by atoms with Gasteiger partial charge in [-0.05, 0) is 24.1 Å². The Labute approximate surface area is 99.0 Å². The Balaban J connectivity index is 2.72. The molecule has 5 heteroatoms. The molecular formula is C11H14ClNO3. The van der Waals surface area contributed by atoms with Crippen molar-refractivity contribution in [3.63, 3.8) is 0 Å². The Hall–Kier alpha value is -1.26. The van der Waals surface area contributed by atoms with Crippen molar-refractivity contribution in [3.05, 3.63) is 28.8 Å². The summed E-state index contributed by atoms with van der Waals surface area (Å²) in [5, 5.41) is 9.02. The van der Waals surface area contributed by atoms with E-state index in [1.54, 1.807) is 18.2 Å². The van der Waals surface area contributed by atoms with Crippen LogP contribution in [-0.4, -0.2) is 18.2 Å². The maximum absolute atomic E-state index is 10.4. The van der Waals surface area contributed by atoms with Crippen LogP contribution in [0.15, 0.2) is 18.2 Å². The van der Waals surface area contributed by atoms with Crippen LogP contribution in [0.25, 0.3) is 0 Å². The highest BCUT2D eigenvalue weighted by Gasteiger charge is 2.10. The predicted molar refractivity (Wildman–Crippen MR) is 61.8 cm³/mol. The van der Waals surface area contributed by atoms with Gasteiger partial charge in [0.25, 0.3) is 0 Å². The van der Waals surface area contributed by atoms with E-state index in [-0.39, 0.29) is 12.5 Å². The normalized spacial score (nSPS) is 12.2. The van der Waals surface area contributed by atoms with Gasteiger partial charge in [-0.2, -0.15) is 0 Å². The molecule has 0 heterocycles. The second-order valence-corrected chi connectivity index (χ2v) is 3.84. The zero-order valence-corrected chi connectivity index (χ0v) is 9.70. The number of methoxy groups -OCH3 is 1. The fourth-order valence-corrected chi connectivity index (χ4v) is 1.63. The van der Waals surface area contributed by atoms with Crippen LogP contribution in [0.2, 0.25) is 5.02 Å². The molecule has 0 aliphatic heterocycles. The molecule has 88 valence electrons. The largest absolute Gasteiger partial charge is 0.495 e. The van der Waals surface area contributed by atoms with Gasteiger partial charge in [-0.15, -0.1) is 0 Å². The molecular weight excluding hydrogens is 230 g/mol. The first-order valence-corrected chi connectivity index (χ1v) is 5.23. The maximum atomic E-state index is 10.4. The summed E-state index contributed by atoms with van der Waals surface area (Å²) in [6.45, 7) is 0. The lowest BCUT2D eigenvalue weighted by Gasteiger charge is -2.12. The number of nitrogens with two attached hydrogens (primary N) is 1. The molecule has 3 N–H and O–H groups in total. The molecule has 0 amide bonds. The average Bonchev–Trinajstić information content (AvgIpc) is 2.25. The Bertz CT molecular complexity index is 381. The first kappa shape index (κ1) is 12.8. The Morgan fingerprint density at radius 1 is 1.62 bits per heavy atom. The number of carbonyl (C=O) groups is 1. The molecule has 16 heavy (non-hydrogen) atoms. The lowest BCUT2D eigenvalue weighted by Crippen LogP contribution is -2.12. The number of carboxylic acids is 1. The van der Waals surface area contributed by atoms with Crippen LogP contribution in [0.5, 0.6) is 5.75 Å². The summed E-state index contributed by atoms with van der Waals surface area (Å²) < 4.78 is 5.01. The number of hydrogen-bond donors (Lipinski definition) is 2. The topological polar surface area (TPSA) is 72.5 Å². The minimum atomic E-state index is -0.852. The third kappa shape index (κ3) is 3.40. The smallest absolute Gasteiger partial charge is 0.303 e. The first-order chi connectivity index (χ1) is 7.54. The third-order valence-electron chi connectivity index (χ3n) is 2.27. The van der Waals surface area contributed by atoms with Crippen molar-refractivity contribution in [2.24, 2.45) is 5.73 Å². The van der Waals surface area contributed by atoms with E-state index in [0.717, 1.165) is 5.56 Å². The average molecular weight is 244 g/mol. The van der Waals surface area contributed by atoms with Crippen molar-refractivity contribution in [2.75, 3.05) is 7.11 Å². The van der Waals surface area contributed by atoms with Crippen LogP contribution >= 0.6 is 11.6 Å². The van der Waals surface area contributed by atoms with Gasteiger partial charge in [0, 0.05) is 12.5 Å². The molecule has 1 aromatic rings. The van der Waals surface area contributed by atoms with Gasteiger partial charge in [0.1, 0.15) is 5.75 Å². The van der Waals surface area contributed by atoms with E-state index in [0.29, 0.717) is 17.2 Å². The fourth-order valence-electron chi connectivity index (χ4n) is 1.36. The number of aliphatic carboxylic acids is 1. The summed E-state index contributed by atoms with van der Waals surface area (Å²) in [5.41, 5.74) is 6.65. The van der Waals surface area contributed by atoms with Gasteiger partial charge in [0.15, 0.2) is 0 Å². The number of rotatable bonds is 5. The van der Waals surface area contributed by atoms with Gasteiger partial charge < -0.3 is 15.6 Å². The van der Waals surface area contributed by atoms with Gasteiger partial charge >= 0.3 is 5.97 Å². The highest BCUT2D eigenvalue weighted by molar-refractivity contribution is 6.32. The van der Waals surface area contributed by atoms with Crippen molar-refractivity contribution < 1.29 is 14.6 Å². The highest BCUT2D eigenvalue weighted by Crippen LogP contribution is 2.28. The van der Waals surface area contributed by atoms with Crippen molar-refractivity contribution in [1.82, 2.24) is 0 Å². The summed E-state index contributed by atoms with van der Waals surface area (Å²) in [6, 6.07) is 4.89. The van der Waals surface area contributed by atoms with Crippen molar-refractivity contribution in [3.8, 4) is 5.75 Å². The predicted octanol–water partition coefficient (Wildman–Crippen LogP) is 2.21. The molecule has 1 rings (SSSR count). The van der Waals surface area contributed by atoms with E-state index in [1.807, 2.05) is 0 Å². The van der Waals surface area contributed by atoms with Crippen LogP contribution < -0.4 is 10.5 Å². The van der Waals surface area contributed by atoms with Gasteiger partial charge in [0.05, 0.1) is 12.1 Å². The van der Waals surface area contributed by atoms with Gasteiger partial charge in [-0.1, -0.05) is 17.7 Å². The minimum absolute atomic E-state index is 0.0464. The molecule has 0 fully saturated rings. The van der Waals surface area contributed by atoms with E-state index in [4.69, 9.17) is 27.2 Å². The second-order valence-electron chi connectivity index (χ2n) is 3.43. The maximum Gasteiger partial charge on any atom is 0.303 e. The summed E-state index contributed by atoms with van der Waals surface area (Å²) in [5.74, 6) is -0.272. The number of ether oxygens (including phenoxy) is 1. The zero-order valence-electron chi connectivity index (χ0n) is 8.94. The molecule has 1 unspecified atom stereocenters. The van der Waals surface area contributed by atoms with Crippen LogP contribution in [0, 0.1) is 0 Å². The Morgan fingerprint density at radius 3 is 2.81 bits per heavy atom. The number of benzene rings is 1. The number of hydrogen-bond acceptors (Lipinski definition) is 3. The summed E-state index contributed by atoms with van der Waals surface area (Å²) in [4.78, 5) is 10.4. The summed E-state index contributed by atoms with van der Waals surface area (Å²) in [6.07, 6.45) is 0.433. The monoisotopic (exact) mass is 243 g/mol. The Morgan fingerprint density at radius 2 is 2.31 bits per heavy atom. The molecule has 1 aromatic carbocycles. The van der Waals surface area contributed by atoms with E-state index in [2.05, 4.69) is 0 Å². The molecule has 4 nitrogen and oxygen atoms in total. The standard InChI is InChI=1S/C11H14ClNO3/c1-16-10-4-2-7(6-8(10)12)9(13)3-5-11(14)15/h2,4,6,9H,3,5,13H2,1H3,(H,14,15). The molecule has 0 bridgehead atoms. The number of halogens is 1. The quantitative estimate of drug-likeness (QED) is 0.832. The molecule has 1 atom stereocenters. The van der Waals surface area contributed by atoms with Gasteiger partial charge in [-0.3, -0.25) is 4.79 Å². The minimum Gasteiger partial charge on any atom is -0.495 e. The molecule has 0 saturated carbocycles. The molecule has 0 radical (unpaired) electrons. The van der Waals surface area contributed by atoms with E-state index < -0.39 is 5.97 Å². The lowest BCUT2D eigenvalue weighted by molar-refractivity contribution is -0.137. The zero-order chi connectivity index (χ0) is 12.1. The van der Waals surface area contributed by atoms with Crippen LogP contribution in [0.1, 0.15) is 24.4 Å². The molecule has 0 aromatic heterocycles. The van der Waals surface area contributed by atoms with Gasteiger partial charge in [-0.25, -0.2) is 0 Å². The van der Waals surface area contributed by atoms with E-state index in [9.17, 15) is 4.79 Å². The van der Waals surface area contributed by atoms with Crippen molar-refractivity contribution in [1.29, 1.82) is 0 Å².